The monoisotopic (exact) mass is 252 g/mol. The average Bonchev–Trinajstić information content (AvgIpc) is 2.55. The van der Waals surface area contributed by atoms with Gasteiger partial charge < -0.3 is 5.32 Å². The highest BCUT2D eigenvalue weighted by Gasteiger charge is 2.34. The Morgan fingerprint density at radius 3 is 2.53 bits per heavy atom. The van der Waals surface area contributed by atoms with Gasteiger partial charge in [0.25, 0.3) is 0 Å². The van der Waals surface area contributed by atoms with Crippen molar-refractivity contribution in [3.63, 3.8) is 0 Å². The molecule has 1 aromatic heterocycles. The highest BCUT2D eigenvalue weighted by molar-refractivity contribution is 7.11. The molecule has 1 heterocycles. The molecule has 1 fully saturated rings. The van der Waals surface area contributed by atoms with Crippen LogP contribution in [0.4, 0.5) is 0 Å². The van der Waals surface area contributed by atoms with Crippen molar-refractivity contribution < 1.29 is 0 Å². The van der Waals surface area contributed by atoms with Crippen LogP contribution in [0.25, 0.3) is 0 Å². The molecule has 0 amide bonds. The second-order valence-corrected chi connectivity index (χ2v) is 6.73. The third-order valence-electron chi connectivity index (χ3n) is 3.99. The maximum atomic E-state index is 4.77. The molecule has 0 radical (unpaired) electrons. The first kappa shape index (κ1) is 13.0. The van der Waals surface area contributed by atoms with Crippen LogP contribution in [0.3, 0.4) is 0 Å². The smallest absolute Gasteiger partial charge is 0.113 e. The van der Waals surface area contributed by atoms with Crippen molar-refractivity contribution in [1.29, 1.82) is 0 Å². The van der Waals surface area contributed by atoms with E-state index in [-0.39, 0.29) is 5.54 Å². The molecular formula is C14H24N2S. The predicted octanol–water partition coefficient (Wildman–Crippen LogP) is 3.77. The summed E-state index contributed by atoms with van der Waals surface area (Å²) in [5, 5.41) is 4.94. The zero-order chi connectivity index (χ0) is 12.5. The Labute approximate surface area is 109 Å². The van der Waals surface area contributed by atoms with Crippen LogP contribution < -0.4 is 5.32 Å². The van der Waals surface area contributed by atoms with E-state index in [4.69, 9.17) is 4.98 Å². The molecule has 0 aromatic carbocycles. The summed E-state index contributed by atoms with van der Waals surface area (Å²) in [6.07, 6.45) is 5.48. The molecule has 1 N–H and O–H groups in total. The van der Waals surface area contributed by atoms with Gasteiger partial charge in [0.2, 0.25) is 0 Å². The van der Waals surface area contributed by atoms with Crippen molar-refractivity contribution >= 4 is 11.3 Å². The van der Waals surface area contributed by atoms with Gasteiger partial charge in [-0.2, -0.15) is 0 Å². The quantitative estimate of drug-likeness (QED) is 0.862. The molecular weight excluding hydrogens is 228 g/mol. The van der Waals surface area contributed by atoms with Gasteiger partial charge in [-0.25, -0.2) is 4.98 Å². The minimum Gasteiger partial charge on any atom is -0.306 e. The van der Waals surface area contributed by atoms with E-state index in [1.165, 1.54) is 41.3 Å². The molecule has 1 aliphatic carbocycles. The second kappa shape index (κ2) is 5.07. The van der Waals surface area contributed by atoms with Gasteiger partial charge in [0.05, 0.1) is 11.2 Å². The number of aryl methyl sites for hydroxylation is 2. The highest BCUT2D eigenvalue weighted by Crippen LogP contribution is 2.39. The van der Waals surface area contributed by atoms with Gasteiger partial charge in [-0.05, 0) is 39.7 Å². The molecule has 17 heavy (non-hydrogen) atoms. The fourth-order valence-electron chi connectivity index (χ4n) is 2.61. The van der Waals surface area contributed by atoms with Gasteiger partial charge in [0.1, 0.15) is 5.01 Å². The summed E-state index contributed by atoms with van der Waals surface area (Å²) in [5.74, 6) is 0.906. The van der Waals surface area contributed by atoms with E-state index in [0.29, 0.717) is 0 Å². The number of hydrogen-bond donors (Lipinski definition) is 1. The van der Waals surface area contributed by atoms with Gasteiger partial charge in [-0.15, -0.1) is 11.3 Å². The molecule has 96 valence electrons. The Morgan fingerprint density at radius 2 is 2.12 bits per heavy atom. The molecule has 0 spiro atoms. The number of hydrogen-bond acceptors (Lipinski definition) is 3. The van der Waals surface area contributed by atoms with Crippen LogP contribution >= 0.6 is 11.3 Å². The SMILES string of the molecule is CCNC(C)(CC1CCC1)c1nc(C)c(C)s1. The Hall–Kier alpha value is -0.410. The maximum Gasteiger partial charge on any atom is 0.113 e. The lowest BCUT2D eigenvalue weighted by Crippen LogP contribution is -2.42. The van der Waals surface area contributed by atoms with E-state index in [2.05, 4.69) is 33.0 Å². The molecule has 1 unspecified atom stereocenters. The van der Waals surface area contributed by atoms with E-state index in [1.54, 1.807) is 0 Å². The minimum atomic E-state index is 0.0868. The Balaban J connectivity index is 2.19. The minimum absolute atomic E-state index is 0.0868. The summed E-state index contributed by atoms with van der Waals surface area (Å²) in [5.41, 5.74) is 1.28. The van der Waals surface area contributed by atoms with E-state index in [9.17, 15) is 0 Å². The van der Waals surface area contributed by atoms with Crippen molar-refractivity contribution in [2.24, 2.45) is 5.92 Å². The Bertz CT molecular complexity index is 362. The summed E-state index contributed by atoms with van der Waals surface area (Å²) >= 11 is 1.86. The van der Waals surface area contributed by atoms with Crippen LogP contribution in [0, 0.1) is 19.8 Å². The fraction of sp³-hybridized carbons (Fsp3) is 0.786. The van der Waals surface area contributed by atoms with E-state index < -0.39 is 0 Å². The largest absolute Gasteiger partial charge is 0.306 e. The second-order valence-electron chi connectivity index (χ2n) is 5.52. The zero-order valence-electron chi connectivity index (χ0n) is 11.5. The van der Waals surface area contributed by atoms with Crippen molar-refractivity contribution in [3.8, 4) is 0 Å². The molecule has 0 bridgehead atoms. The van der Waals surface area contributed by atoms with Crippen LogP contribution in [-0.2, 0) is 5.54 Å². The lowest BCUT2D eigenvalue weighted by molar-refractivity contribution is 0.205. The molecule has 2 rings (SSSR count). The molecule has 2 nitrogen and oxygen atoms in total. The molecule has 1 aromatic rings. The van der Waals surface area contributed by atoms with Crippen molar-refractivity contribution in [2.75, 3.05) is 6.54 Å². The summed E-state index contributed by atoms with van der Waals surface area (Å²) < 4.78 is 0. The first-order chi connectivity index (χ1) is 8.05. The van der Waals surface area contributed by atoms with Gasteiger partial charge in [0.15, 0.2) is 0 Å². The predicted molar refractivity (Wildman–Crippen MR) is 74.6 cm³/mol. The number of aromatic nitrogens is 1. The zero-order valence-corrected chi connectivity index (χ0v) is 12.3. The molecule has 0 saturated heterocycles. The lowest BCUT2D eigenvalue weighted by Gasteiger charge is -2.36. The van der Waals surface area contributed by atoms with Crippen LogP contribution in [0.1, 0.15) is 55.1 Å². The summed E-state index contributed by atoms with van der Waals surface area (Å²) in [7, 11) is 0. The lowest BCUT2D eigenvalue weighted by atomic mass is 9.76. The van der Waals surface area contributed by atoms with E-state index in [1.807, 2.05) is 11.3 Å². The van der Waals surface area contributed by atoms with Crippen molar-refractivity contribution in [2.45, 2.75) is 58.9 Å². The standard InChI is InChI=1S/C14H24N2S/c1-5-15-14(4,9-12-7-6-8-12)13-16-10(2)11(3)17-13/h12,15H,5-9H2,1-4H3. The number of thiazole rings is 1. The fourth-order valence-corrected chi connectivity index (χ4v) is 3.65. The van der Waals surface area contributed by atoms with E-state index >= 15 is 0 Å². The molecule has 1 atom stereocenters. The van der Waals surface area contributed by atoms with Crippen LogP contribution in [0.5, 0.6) is 0 Å². The summed E-state index contributed by atoms with van der Waals surface area (Å²) in [6, 6.07) is 0. The summed E-state index contributed by atoms with van der Waals surface area (Å²) in [4.78, 5) is 6.13. The van der Waals surface area contributed by atoms with Gasteiger partial charge in [-0.1, -0.05) is 26.2 Å². The highest BCUT2D eigenvalue weighted by atomic mass is 32.1. The van der Waals surface area contributed by atoms with E-state index in [0.717, 1.165) is 12.5 Å². The van der Waals surface area contributed by atoms with Gasteiger partial charge in [0, 0.05) is 4.88 Å². The molecule has 0 aliphatic heterocycles. The third kappa shape index (κ3) is 2.71. The topological polar surface area (TPSA) is 24.9 Å². The van der Waals surface area contributed by atoms with Crippen LogP contribution in [0.15, 0.2) is 0 Å². The Morgan fingerprint density at radius 1 is 1.41 bits per heavy atom. The molecule has 3 heteroatoms. The van der Waals surface area contributed by atoms with Gasteiger partial charge >= 0.3 is 0 Å². The van der Waals surface area contributed by atoms with Crippen molar-refractivity contribution in [3.05, 3.63) is 15.6 Å². The average molecular weight is 252 g/mol. The normalized spacial score (nSPS) is 20.0. The maximum absolute atomic E-state index is 4.77. The molecule has 1 aliphatic rings. The third-order valence-corrected chi connectivity index (χ3v) is 5.33. The summed E-state index contributed by atoms with van der Waals surface area (Å²) in [6.45, 7) is 9.82. The number of nitrogens with one attached hydrogen (secondary N) is 1. The van der Waals surface area contributed by atoms with Gasteiger partial charge in [-0.3, -0.25) is 0 Å². The van der Waals surface area contributed by atoms with Crippen LogP contribution in [-0.4, -0.2) is 11.5 Å². The molecule has 1 saturated carbocycles. The number of rotatable bonds is 5. The first-order valence-corrected chi connectivity index (χ1v) is 7.56. The van der Waals surface area contributed by atoms with Crippen LogP contribution in [0.2, 0.25) is 0 Å². The first-order valence-electron chi connectivity index (χ1n) is 6.74. The van der Waals surface area contributed by atoms with Crippen molar-refractivity contribution in [1.82, 2.24) is 10.3 Å². The Kier molecular flexibility index (Phi) is 3.88. The number of nitrogens with zero attached hydrogens (tertiary/aromatic N) is 1.